The molecule has 0 atom stereocenters. The van der Waals surface area contributed by atoms with Crippen LogP contribution in [0.1, 0.15) is 43.6 Å². The van der Waals surface area contributed by atoms with Crippen LogP contribution in [0.25, 0.3) is 0 Å². The minimum absolute atomic E-state index is 0.0337. The first-order valence-corrected chi connectivity index (χ1v) is 11.4. The number of benzene rings is 2. The van der Waals surface area contributed by atoms with Gasteiger partial charge in [0.2, 0.25) is 0 Å². The Morgan fingerprint density at radius 1 is 1.03 bits per heavy atom. The lowest BCUT2D eigenvalue weighted by Gasteiger charge is -2.30. The van der Waals surface area contributed by atoms with Crippen molar-refractivity contribution < 1.29 is 17.6 Å². The van der Waals surface area contributed by atoms with Crippen LogP contribution in [-0.2, 0) is 10.0 Å². The highest BCUT2D eigenvalue weighted by Crippen LogP contribution is 2.19. The van der Waals surface area contributed by atoms with Gasteiger partial charge in [0.1, 0.15) is 5.82 Å². The Labute approximate surface area is 178 Å². The molecule has 2 aromatic rings. The van der Waals surface area contributed by atoms with Crippen LogP contribution < -0.4 is 10.0 Å². The van der Waals surface area contributed by atoms with Crippen LogP contribution in [-0.4, -0.2) is 44.4 Å². The van der Waals surface area contributed by atoms with Crippen molar-refractivity contribution in [2.24, 2.45) is 0 Å². The molecule has 164 valence electrons. The van der Waals surface area contributed by atoms with Crippen LogP contribution in [0, 0.1) is 12.7 Å². The summed E-state index contributed by atoms with van der Waals surface area (Å²) in [6.07, 6.45) is 0. The van der Waals surface area contributed by atoms with Gasteiger partial charge in [0.15, 0.2) is 0 Å². The van der Waals surface area contributed by atoms with Crippen LogP contribution in [0.5, 0.6) is 0 Å². The highest BCUT2D eigenvalue weighted by atomic mass is 32.2. The average Bonchev–Trinajstić information content (AvgIpc) is 2.66. The highest BCUT2D eigenvalue weighted by molar-refractivity contribution is 7.92. The van der Waals surface area contributed by atoms with Gasteiger partial charge in [-0.2, -0.15) is 0 Å². The zero-order valence-corrected chi connectivity index (χ0v) is 18.9. The Balaban J connectivity index is 2.13. The summed E-state index contributed by atoms with van der Waals surface area (Å²) in [6.45, 7) is 11.3. The maximum Gasteiger partial charge on any atom is 0.261 e. The van der Waals surface area contributed by atoms with Gasteiger partial charge in [-0.15, -0.1) is 0 Å². The van der Waals surface area contributed by atoms with Crippen molar-refractivity contribution in [1.82, 2.24) is 10.2 Å². The van der Waals surface area contributed by atoms with Crippen LogP contribution in [0.4, 0.5) is 10.1 Å². The zero-order chi connectivity index (χ0) is 22.5. The summed E-state index contributed by atoms with van der Waals surface area (Å²) in [5, 5.41) is 2.88. The summed E-state index contributed by atoms with van der Waals surface area (Å²) in [4.78, 5) is 14.9. The monoisotopic (exact) mass is 435 g/mol. The molecule has 0 aliphatic rings. The fourth-order valence-corrected chi connectivity index (χ4v) is 4.34. The highest BCUT2D eigenvalue weighted by Gasteiger charge is 2.19. The van der Waals surface area contributed by atoms with Gasteiger partial charge in [-0.3, -0.25) is 14.4 Å². The van der Waals surface area contributed by atoms with Crippen LogP contribution in [0.15, 0.2) is 47.4 Å². The Morgan fingerprint density at radius 3 is 2.20 bits per heavy atom. The van der Waals surface area contributed by atoms with Crippen LogP contribution in [0.3, 0.4) is 0 Å². The number of anilines is 1. The van der Waals surface area contributed by atoms with E-state index in [-0.39, 0.29) is 16.5 Å². The van der Waals surface area contributed by atoms with Gasteiger partial charge in [-0.1, -0.05) is 6.07 Å². The molecular formula is C22H30FN3O3S. The Kier molecular flexibility index (Phi) is 7.97. The predicted octanol–water partition coefficient (Wildman–Crippen LogP) is 3.78. The molecule has 0 radical (unpaired) electrons. The van der Waals surface area contributed by atoms with E-state index in [0.29, 0.717) is 36.3 Å². The third-order valence-corrected chi connectivity index (χ3v) is 6.22. The lowest BCUT2D eigenvalue weighted by molar-refractivity contribution is 0.0938. The SMILES string of the molecule is Cc1ccc(S(=O)(=O)Nc2ccc(F)cc2)cc1C(=O)NCCN(C(C)C)C(C)C. The molecule has 0 heterocycles. The standard InChI is InChI=1S/C22H30FN3O3S/c1-15(2)26(16(3)4)13-12-24-22(27)21-14-20(11-6-17(21)5)30(28,29)25-19-9-7-18(23)8-10-19/h6-11,14-16,25H,12-13H2,1-5H3,(H,24,27). The molecule has 1 amide bonds. The van der Waals surface area contributed by atoms with E-state index in [9.17, 15) is 17.6 Å². The Morgan fingerprint density at radius 2 is 1.63 bits per heavy atom. The third kappa shape index (κ3) is 6.27. The summed E-state index contributed by atoms with van der Waals surface area (Å²) in [5.41, 5.74) is 1.22. The number of carbonyl (C=O) groups excluding carboxylic acids is 1. The summed E-state index contributed by atoms with van der Waals surface area (Å²) in [5.74, 6) is -0.778. The fraction of sp³-hybridized carbons (Fsp3) is 0.409. The van der Waals surface area contributed by atoms with E-state index >= 15 is 0 Å². The van der Waals surface area contributed by atoms with E-state index in [1.165, 1.54) is 36.4 Å². The molecular weight excluding hydrogens is 405 g/mol. The van der Waals surface area contributed by atoms with Gasteiger partial charge in [0.25, 0.3) is 15.9 Å². The van der Waals surface area contributed by atoms with E-state index in [1.807, 2.05) is 0 Å². The number of amides is 1. The second-order valence-corrected chi connectivity index (χ2v) is 9.45. The van der Waals surface area contributed by atoms with Crippen molar-refractivity contribution in [3.8, 4) is 0 Å². The topological polar surface area (TPSA) is 78.5 Å². The Bertz CT molecular complexity index is 966. The molecule has 2 aromatic carbocycles. The molecule has 2 rings (SSSR count). The van der Waals surface area contributed by atoms with Crippen LogP contribution >= 0.6 is 0 Å². The first-order chi connectivity index (χ1) is 14.0. The maximum absolute atomic E-state index is 13.0. The lowest BCUT2D eigenvalue weighted by Crippen LogP contribution is -2.42. The molecule has 0 aliphatic heterocycles. The number of carbonyl (C=O) groups is 1. The fourth-order valence-electron chi connectivity index (χ4n) is 3.25. The largest absolute Gasteiger partial charge is 0.351 e. The normalized spacial score (nSPS) is 11.9. The maximum atomic E-state index is 13.0. The number of hydrogen-bond acceptors (Lipinski definition) is 4. The molecule has 0 fully saturated rings. The second kappa shape index (κ2) is 10.0. The van der Waals surface area contributed by atoms with E-state index in [0.717, 1.165) is 0 Å². The number of aryl methyl sites for hydroxylation is 1. The van der Waals surface area contributed by atoms with Gasteiger partial charge in [0, 0.05) is 36.4 Å². The summed E-state index contributed by atoms with van der Waals surface area (Å²) in [7, 11) is -3.92. The van der Waals surface area contributed by atoms with Crippen molar-refractivity contribution in [3.63, 3.8) is 0 Å². The molecule has 0 spiro atoms. The van der Waals surface area contributed by atoms with E-state index in [1.54, 1.807) is 13.0 Å². The van der Waals surface area contributed by atoms with Crippen molar-refractivity contribution in [2.75, 3.05) is 17.8 Å². The number of nitrogens with one attached hydrogen (secondary N) is 2. The van der Waals surface area contributed by atoms with E-state index in [4.69, 9.17) is 0 Å². The van der Waals surface area contributed by atoms with E-state index in [2.05, 4.69) is 42.6 Å². The zero-order valence-electron chi connectivity index (χ0n) is 18.1. The molecule has 0 saturated carbocycles. The lowest BCUT2D eigenvalue weighted by atomic mass is 10.1. The second-order valence-electron chi connectivity index (χ2n) is 7.77. The van der Waals surface area contributed by atoms with Gasteiger partial charge in [0.05, 0.1) is 4.90 Å². The molecule has 0 unspecified atom stereocenters. The number of rotatable bonds is 9. The number of halogens is 1. The van der Waals surface area contributed by atoms with E-state index < -0.39 is 15.8 Å². The first kappa shape index (κ1) is 23.8. The van der Waals surface area contributed by atoms with Gasteiger partial charge in [-0.25, -0.2) is 12.8 Å². The first-order valence-electron chi connectivity index (χ1n) is 9.94. The van der Waals surface area contributed by atoms with Gasteiger partial charge >= 0.3 is 0 Å². The number of sulfonamides is 1. The van der Waals surface area contributed by atoms with Crippen molar-refractivity contribution in [3.05, 3.63) is 59.4 Å². The predicted molar refractivity (Wildman–Crippen MR) is 118 cm³/mol. The number of hydrogen-bond donors (Lipinski definition) is 2. The van der Waals surface area contributed by atoms with Gasteiger partial charge in [-0.05, 0) is 76.6 Å². The quantitative estimate of drug-likeness (QED) is 0.628. The van der Waals surface area contributed by atoms with Gasteiger partial charge < -0.3 is 5.32 Å². The van der Waals surface area contributed by atoms with Crippen molar-refractivity contribution >= 4 is 21.6 Å². The summed E-state index contributed by atoms with van der Waals surface area (Å²) in [6, 6.07) is 10.1. The Hall–Kier alpha value is -2.45. The summed E-state index contributed by atoms with van der Waals surface area (Å²) < 4.78 is 40.8. The van der Waals surface area contributed by atoms with Crippen molar-refractivity contribution in [1.29, 1.82) is 0 Å². The molecule has 0 saturated heterocycles. The molecule has 30 heavy (non-hydrogen) atoms. The molecule has 0 aromatic heterocycles. The summed E-state index contributed by atoms with van der Waals surface area (Å²) >= 11 is 0. The molecule has 0 bridgehead atoms. The molecule has 2 N–H and O–H groups in total. The smallest absolute Gasteiger partial charge is 0.261 e. The average molecular weight is 436 g/mol. The molecule has 0 aliphatic carbocycles. The third-order valence-electron chi connectivity index (χ3n) is 4.84. The number of nitrogens with zero attached hydrogens (tertiary/aromatic N) is 1. The van der Waals surface area contributed by atoms with Crippen LogP contribution in [0.2, 0.25) is 0 Å². The minimum Gasteiger partial charge on any atom is -0.351 e. The molecule has 6 nitrogen and oxygen atoms in total. The molecule has 8 heteroatoms. The van der Waals surface area contributed by atoms with Crippen molar-refractivity contribution in [2.45, 2.75) is 51.6 Å². The minimum atomic E-state index is -3.92.